The summed E-state index contributed by atoms with van der Waals surface area (Å²) < 4.78 is 5.30. The number of hydrogen-bond donors (Lipinski definition) is 1. The first kappa shape index (κ1) is 16.2. The Balaban J connectivity index is 0.000000258. The summed E-state index contributed by atoms with van der Waals surface area (Å²) in [5, 5.41) is 3.42. The van der Waals surface area contributed by atoms with Gasteiger partial charge in [-0.2, -0.15) is 0 Å². The molecule has 0 radical (unpaired) electrons. The third-order valence-corrected chi connectivity index (χ3v) is 3.69. The molecule has 1 aliphatic heterocycles. The topological polar surface area (TPSA) is 37.4 Å². The first-order valence-electron chi connectivity index (χ1n) is 8.22. The number of aryl methyl sites for hydroxylation is 1. The van der Waals surface area contributed by atoms with Gasteiger partial charge < -0.3 is 15.0 Å². The van der Waals surface area contributed by atoms with Crippen molar-refractivity contribution in [2.24, 2.45) is 0 Å². The Hall–Kier alpha value is -1.13. The molecular formula is C17H31N3O. The molecule has 3 rings (SSSR count). The van der Waals surface area contributed by atoms with Crippen LogP contribution < -0.4 is 10.2 Å². The van der Waals surface area contributed by atoms with E-state index in [0.29, 0.717) is 6.04 Å². The highest BCUT2D eigenvalue weighted by molar-refractivity contribution is 5.44. The van der Waals surface area contributed by atoms with Crippen molar-refractivity contribution in [1.82, 2.24) is 10.3 Å². The van der Waals surface area contributed by atoms with Crippen molar-refractivity contribution in [2.45, 2.75) is 52.1 Å². The van der Waals surface area contributed by atoms with Gasteiger partial charge in [0.25, 0.3) is 0 Å². The standard InChI is InChI=1S/C11H16N2O.C6H13N.H2/c1-2-10-3-4-11(9-12-10)13-5-7-14-8-6-13;1-5(2)7-6-3-4-6;/h3-4,9H,2,5-8H2,1H3;5-7H,3-4H2,1-2H3;1H. The van der Waals surface area contributed by atoms with Gasteiger partial charge in [-0.05, 0) is 31.4 Å². The number of ether oxygens (including phenoxy) is 1. The summed E-state index contributed by atoms with van der Waals surface area (Å²) in [6, 6.07) is 5.81. The van der Waals surface area contributed by atoms with E-state index in [-0.39, 0.29) is 1.43 Å². The maximum atomic E-state index is 5.30. The van der Waals surface area contributed by atoms with Crippen molar-refractivity contribution in [3.8, 4) is 0 Å². The molecule has 2 fully saturated rings. The second-order valence-electron chi connectivity index (χ2n) is 6.06. The number of aromatic nitrogens is 1. The maximum absolute atomic E-state index is 5.30. The lowest BCUT2D eigenvalue weighted by atomic mass is 10.2. The maximum Gasteiger partial charge on any atom is 0.0642 e. The van der Waals surface area contributed by atoms with Crippen LogP contribution >= 0.6 is 0 Å². The fourth-order valence-corrected chi connectivity index (χ4v) is 2.36. The molecule has 0 unspecified atom stereocenters. The summed E-state index contributed by atoms with van der Waals surface area (Å²) in [6.45, 7) is 10.1. The zero-order valence-electron chi connectivity index (χ0n) is 13.6. The number of anilines is 1. The Morgan fingerprint density at radius 2 is 2.05 bits per heavy atom. The number of hydrogen-bond acceptors (Lipinski definition) is 4. The highest BCUT2D eigenvalue weighted by Crippen LogP contribution is 2.18. The van der Waals surface area contributed by atoms with Crippen LogP contribution in [0.15, 0.2) is 18.3 Å². The van der Waals surface area contributed by atoms with Crippen molar-refractivity contribution >= 4 is 5.69 Å². The minimum atomic E-state index is 0. The Morgan fingerprint density at radius 3 is 2.48 bits per heavy atom. The van der Waals surface area contributed by atoms with Crippen molar-refractivity contribution < 1.29 is 6.16 Å². The van der Waals surface area contributed by atoms with Gasteiger partial charge in [-0.25, -0.2) is 0 Å². The van der Waals surface area contributed by atoms with E-state index in [9.17, 15) is 0 Å². The van der Waals surface area contributed by atoms with Crippen LogP contribution in [0, 0.1) is 0 Å². The molecule has 21 heavy (non-hydrogen) atoms. The second kappa shape index (κ2) is 8.35. The van der Waals surface area contributed by atoms with Crippen LogP contribution in [-0.2, 0) is 11.2 Å². The molecule has 0 amide bonds. The molecule has 0 spiro atoms. The molecule has 120 valence electrons. The van der Waals surface area contributed by atoms with Crippen LogP contribution in [0.3, 0.4) is 0 Å². The Kier molecular flexibility index (Phi) is 6.46. The fourth-order valence-electron chi connectivity index (χ4n) is 2.36. The molecular weight excluding hydrogens is 262 g/mol. The van der Waals surface area contributed by atoms with E-state index in [4.69, 9.17) is 4.74 Å². The smallest absolute Gasteiger partial charge is 0.0642 e. The molecule has 0 atom stereocenters. The monoisotopic (exact) mass is 293 g/mol. The Labute approximate surface area is 130 Å². The van der Waals surface area contributed by atoms with Crippen molar-refractivity contribution in [3.63, 3.8) is 0 Å². The predicted molar refractivity (Wildman–Crippen MR) is 90.1 cm³/mol. The van der Waals surface area contributed by atoms with Crippen LogP contribution in [-0.4, -0.2) is 43.4 Å². The lowest BCUT2D eigenvalue weighted by Gasteiger charge is -2.28. The number of pyridine rings is 1. The first-order valence-corrected chi connectivity index (χ1v) is 8.22. The van der Waals surface area contributed by atoms with Gasteiger partial charge in [0, 0.05) is 32.3 Å². The van der Waals surface area contributed by atoms with Crippen LogP contribution in [0.5, 0.6) is 0 Å². The molecule has 0 bridgehead atoms. The van der Waals surface area contributed by atoms with Crippen LogP contribution in [0.25, 0.3) is 0 Å². The third-order valence-electron chi connectivity index (χ3n) is 3.69. The molecule has 1 N–H and O–H groups in total. The van der Waals surface area contributed by atoms with Crippen LogP contribution in [0.2, 0.25) is 0 Å². The first-order chi connectivity index (χ1) is 10.2. The predicted octanol–water partition coefficient (Wildman–Crippen LogP) is 2.87. The van der Waals surface area contributed by atoms with Gasteiger partial charge in [0.2, 0.25) is 0 Å². The third kappa shape index (κ3) is 6.02. The summed E-state index contributed by atoms with van der Waals surface area (Å²) in [5.41, 5.74) is 2.37. The van der Waals surface area contributed by atoms with Gasteiger partial charge in [0.1, 0.15) is 0 Å². The summed E-state index contributed by atoms with van der Waals surface area (Å²) in [7, 11) is 0. The lowest BCUT2D eigenvalue weighted by Crippen LogP contribution is -2.36. The van der Waals surface area contributed by atoms with Crippen molar-refractivity contribution in [1.29, 1.82) is 0 Å². The molecule has 1 saturated heterocycles. The SMILES string of the molecule is CC(C)NC1CC1.CCc1ccc(N2CCOCC2)cn1.[HH]. The highest BCUT2D eigenvalue weighted by atomic mass is 16.5. The Morgan fingerprint density at radius 1 is 1.33 bits per heavy atom. The van der Waals surface area contributed by atoms with Crippen molar-refractivity contribution in [2.75, 3.05) is 31.2 Å². The number of morpholine rings is 1. The van der Waals surface area contributed by atoms with E-state index in [1.54, 1.807) is 0 Å². The van der Waals surface area contributed by atoms with Crippen molar-refractivity contribution in [3.05, 3.63) is 24.0 Å². The van der Waals surface area contributed by atoms with Gasteiger partial charge in [0.15, 0.2) is 0 Å². The van der Waals surface area contributed by atoms with Gasteiger partial charge in [0.05, 0.1) is 25.1 Å². The summed E-state index contributed by atoms with van der Waals surface area (Å²) in [5.74, 6) is 0. The number of rotatable bonds is 4. The minimum Gasteiger partial charge on any atom is -0.378 e. The molecule has 1 aromatic heterocycles. The number of nitrogens with one attached hydrogen (secondary N) is 1. The van der Waals surface area contributed by atoms with Gasteiger partial charge in [-0.1, -0.05) is 20.8 Å². The average Bonchev–Trinajstić information content (AvgIpc) is 3.32. The molecule has 1 saturated carbocycles. The summed E-state index contributed by atoms with van der Waals surface area (Å²) in [4.78, 5) is 6.71. The molecule has 4 nitrogen and oxygen atoms in total. The second-order valence-corrected chi connectivity index (χ2v) is 6.06. The van der Waals surface area contributed by atoms with E-state index in [1.807, 2.05) is 6.20 Å². The van der Waals surface area contributed by atoms with E-state index in [0.717, 1.165) is 44.5 Å². The molecule has 2 heterocycles. The van der Waals surface area contributed by atoms with Gasteiger partial charge >= 0.3 is 0 Å². The van der Waals surface area contributed by atoms with Gasteiger partial charge in [-0.3, -0.25) is 4.98 Å². The summed E-state index contributed by atoms with van der Waals surface area (Å²) >= 11 is 0. The van der Waals surface area contributed by atoms with E-state index in [2.05, 4.69) is 48.1 Å². The average molecular weight is 293 g/mol. The number of nitrogens with zero attached hydrogens (tertiary/aromatic N) is 2. The summed E-state index contributed by atoms with van der Waals surface area (Å²) in [6.07, 6.45) is 5.77. The van der Waals surface area contributed by atoms with Crippen LogP contribution in [0.1, 0.15) is 40.7 Å². The van der Waals surface area contributed by atoms with E-state index < -0.39 is 0 Å². The minimum absolute atomic E-state index is 0. The molecule has 2 aliphatic rings. The van der Waals surface area contributed by atoms with Crippen LogP contribution in [0.4, 0.5) is 5.69 Å². The van der Waals surface area contributed by atoms with E-state index >= 15 is 0 Å². The normalized spacial score (nSPS) is 18.4. The highest BCUT2D eigenvalue weighted by Gasteiger charge is 2.20. The molecule has 1 aromatic rings. The molecule has 0 aromatic carbocycles. The largest absolute Gasteiger partial charge is 0.378 e. The Bertz CT molecular complexity index is 401. The fraction of sp³-hybridized carbons (Fsp3) is 0.706. The quantitative estimate of drug-likeness (QED) is 0.926. The zero-order valence-corrected chi connectivity index (χ0v) is 13.6. The lowest BCUT2D eigenvalue weighted by molar-refractivity contribution is 0.122. The molecule has 1 aliphatic carbocycles. The van der Waals surface area contributed by atoms with Gasteiger partial charge in [-0.15, -0.1) is 0 Å². The molecule has 4 heteroatoms. The van der Waals surface area contributed by atoms with E-state index in [1.165, 1.54) is 18.5 Å². The zero-order chi connectivity index (χ0) is 15.1.